The molecule has 0 bridgehead atoms. The Morgan fingerprint density at radius 3 is 2.43 bits per heavy atom. The molecule has 3 rings (SSSR count). The summed E-state index contributed by atoms with van der Waals surface area (Å²) in [5.41, 5.74) is 0.789. The Bertz CT molecular complexity index is 993. The number of benzene rings is 2. The Kier molecular flexibility index (Phi) is 7.55. The number of ether oxygens (including phenoxy) is 1. The Balaban J connectivity index is 2.10. The molecule has 1 atom stereocenters. The number of ketones is 1. The average molecular weight is 515 g/mol. The van der Waals surface area contributed by atoms with Crippen LogP contribution in [0.2, 0.25) is 10.0 Å². The van der Waals surface area contributed by atoms with Crippen molar-refractivity contribution in [1.82, 2.24) is 4.90 Å². The monoisotopic (exact) mass is 513 g/mol. The summed E-state index contributed by atoms with van der Waals surface area (Å²) in [6, 6.07) is 10.5. The summed E-state index contributed by atoms with van der Waals surface area (Å²) in [7, 11) is 0. The van der Waals surface area contributed by atoms with Gasteiger partial charge in [-0.25, -0.2) is 0 Å². The lowest BCUT2D eigenvalue weighted by atomic mass is 9.95. The Morgan fingerprint density at radius 1 is 1.10 bits per heavy atom. The summed E-state index contributed by atoms with van der Waals surface area (Å²) in [5, 5.41) is 20.5. The van der Waals surface area contributed by atoms with Crippen molar-refractivity contribution in [3.63, 3.8) is 0 Å². The molecule has 1 aliphatic heterocycles. The van der Waals surface area contributed by atoms with Gasteiger partial charge >= 0.3 is 0 Å². The van der Waals surface area contributed by atoms with Gasteiger partial charge in [0.15, 0.2) is 0 Å². The Hall–Kier alpha value is -1.90. The van der Waals surface area contributed by atoms with Crippen LogP contribution in [-0.2, 0) is 14.3 Å². The summed E-state index contributed by atoms with van der Waals surface area (Å²) in [6.45, 7) is 0.128. The third-order valence-corrected chi connectivity index (χ3v) is 5.72. The van der Waals surface area contributed by atoms with Crippen LogP contribution in [0.5, 0.6) is 0 Å². The number of Topliss-reactive ketones (excluding diaryl/α,β-unsaturated/α-hetero) is 1. The van der Waals surface area contributed by atoms with E-state index < -0.39 is 17.7 Å². The van der Waals surface area contributed by atoms with Gasteiger partial charge < -0.3 is 19.8 Å². The molecule has 0 saturated carbocycles. The summed E-state index contributed by atoms with van der Waals surface area (Å²) in [4.78, 5) is 27.0. The van der Waals surface area contributed by atoms with Crippen LogP contribution in [0.3, 0.4) is 0 Å². The van der Waals surface area contributed by atoms with Gasteiger partial charge in [-0.1, -0.05) is 57.3 Å². The zero-order valence-electron chi connectivity index (χ0n) is 15.6. The molecule has 1 amide bonds. The molecule has 6 nitrogen and oxygen atoms in total. The molecule has 2 aromatic rings. The highest BCUT2D eigenvalue weighted by Gasteiger charge is 2.46. The van der Waals surface area contributed by atoms with E-state index in [1.165, 1.54) is 11.0 Å². The van der Waals surface area contributed by atoms with Gasteiger partial charge in [-0.2, -0.15) is 0 Å². The molecular formula is C21H18BrCl2NO5. The minimum Gasteiger partial charge on any atom is -0.507 e. The fourth-order valence-electron chi connectivity index (χ4n) is 3.25. The number of aliphatic hydroxyl groups excluding tert-OH is 2. The van der Waals surface area contributed by atoms with E-state index in [0.29, 0.717) is 16.1 Å². The maximum Gasteiger partial charge on any atom is 0.295 e. The highest BCUT2D eigenvalue weighted by Crippen LogP contribution is 2.42. The predicted octanol–water partition coefficient (Wildman–Crippen LogP) is 4.19. The van der Waals surface area contributed by atoms with Gasteiger partial charge in [-0.3, -0.25) is 9.59 Å². The lowest BCUT2D eigenvalue weighted by Crippen LogP contribution is -2.33. The molecule has 1 saturated heterocycles. The van der Waals surface area contributed by atoms with E-state index in [0.717, 1.165) is 4.47 Å². The van der Waals surface area contributed by atoms with Gasteiger partial charge in [-0.05, 0) is 29.8 Å². The van der Waals surface area contributed by atoms with Gasteiger partial charge in [-0.15, -0.1) is 0 Å². The second-order valence-corrected chi connectivity index (χ2v) is 8.26. The van der Waals surface area contributed by atoms with Gasteiger partial charge in [0.1, 0.15) is 5.76 Å². The average Bonchev–Trinajstić information content (AvgIpc) is 2.96. The first-order chi connectivity index (χ1) is 14.3. The normalized spacial score (nSPS) is 18.3. The Labute approximate surface area is 191 Å². The van der Waals surface area contributed by atoms with Crippen molar-refractivity contribution in [3.05, 3.63) is 73.7 Å². The van der Waals surface area contributed by atoms with E-state index in [9.17, 15) is 14.7 Å². The van der Waals surface area contributed by atoms with E-state index in [4.69, 9.17) is 33.0 Å². The molecule has 30 heavy (non-hydrogen) atoms. The molecule has 0 spiro atoms. The largest absolute Gasteiger partial charge is 0.507 e. The minimum atomic E-state index is -0.906. The number of amides is 1. The molecule has 158 valence electrons. The second kappa shape index (κ2) is 9.94. The number of hydrogen-bond acceptors (Lipinski definition) is 5. The third kappa shape index (κ3) is 4.71. The van der Waals surface area contributed by atoms with Crippen LogP contribution >= 0.6 is 39.1 Å². The molecule has 9 heteroatoms. The van der Waals surface area contributed by atoms with Crippen molar-refractivity contribution in [2.45, 2.75) is 6.04 Å². The molecule has 1 unspecified atom stereocenters. The van der Waals surface area contributed by atoms with E-state index in [1.807, 2.05) is 0 Å². The van der Waals surface area contributed by atoms with Gasteiger partial charge in [0.2, 0.25) is 0 Å². The number of aliphatic hydroxyl groups is 2. The number of likely N-dealkylation sites (tertiary alicyclic amines) is 1. The van der Waals surface area contributed by atoms with E-state index >= 15 is 0 Å². The van der Waals surface area contributed by atoms with E-state index in [1.54, 1.807) is 36.4 Å². The van der Waals surface area contributed by atoms with Crippen LogP contribution in [0.25, 0.3) is 5.76 Å². The number of halogens is 3. The minimum absolute atomic E-state index is 0.0614. The van der Waals surface area contributed by atoms with E-state index in [2.05, 4.69) is 15.9 Å². The smallest absolute Gasteiger partial charge is 0.295 e. The van der Waals surface area contributed by atoms with Crippen LogP contribution in [-0.4, -0.2) is 53.2 Å². The first-order valence-corrected chi connectivity index (χ1v) is 10.6. The molecule has 0 aliphatic carbocycles. The van der Waals surface area contributed by atoms with Crippen molar-refractivity contribution < 1.29 is 24.5 Å². The SMILES string of the molecule is O=C1C(=O)N(CCOCCO)C(c2ccc(Cl)cc2Cl)C1=C(O)c1ccc(Br)cc1. The van der Waals surface area contributed by atoms with Gasteiger partial charge in [0, 0.05) is 26.6 Å². The maximum atomic E-state index is 12.9. The van der Waals surface area contributed by atoms with Crippen LogP contribution in [0, 0.1) is 0 Å². The molecule has 1 fully saturated rings. The van der Waals surface area contributed by atoms with Crippen LogP contribution < -0.4 is 0 Å². The highest BCUT2D eigenvalue weighted by atomic mass is 79.9. The van der Waals surface area contributed by atoms with Crippen LogP contribution in [0.1, 0.15) is 17.2 Å². The number of carbonyl (C=O) groups excluding carboxylic acids is 2. The quantitative estimate of drug-likeness (QED) is 0.250. The topological polar surface area (TPSA) is 87.1 Å². The molecule has 0 aromatic heterocycles. The number of rotatable bonds is 7. The first-order valence-electron chi connectivity index (χ1n) is 9.03. The standard InChI is InChI=1S/C21H18BrCl2NO5/c22-13-3-1-12(2-4-13)19(27)17-18(15-6-5-14(23)11-16(15)24)25(21(29)20(17)28)7-9-30-10-8-26/h1-6,11,18,26-27H,7-10H2. The predicted molar refractivity (Wildman–Crippen MR) is 118 cm³/mol. The summed E-state index contributed by atoms with van der Waals surface area (Å²) >= 11 is 15.7. The van der Waals surface area contributed by atoms with Crippen LogP contribution in [0.4, 0.5) is 0 Å². The zero-order valence-corrected chi connectivity index (χ0v) is 18.7. The lowest BCUT2D eigenvalue weighted by molar-refractivity contribution is -0.140. The molecule has 1 aliphatic rings. The highest BCUT2D eigenvalue weighted by molar-refractivity contribution is 9.10. The second-order valence-electron chi connectivity index (χ2n) is 6.50. The first kappa shape index (κ1) is 22.8. The lowest BCUT2D eigenvalue weighted by Gasteiger charge is -2.26. The summed E-state index contributed by atoms with van der Waals surface area (Å²) in [6.07, 6.45) is 0. The van der Waals surface area contributed by atoms with E-state index in [-0.39, 0.29) is 42.7 Å². The zero-order chi connectivity index (χ0) is 21.8. The van der Waals surface area contributed by atoms with Crippen LogP contribution in [0.15, 0.2) is 52.5 Å². The third-order valence-electron chi connectivity index (χ3n) is 4.63. The fraction of sp³-hybridized carbons (Fsp3) is 0.238. The van der Waals surface area contributed by atoms with Crippen molar-refractivity contribution in [1.29, 1.82) is 0 Å². The molecular weight excluding hydrogens is 497 g/mol. The van der Waals surface area contributed by atoms with Crippen molar-refractivity contribution in [3.8, 4) is 0 Å². The fourth-order valence-corrected chi connectivity index (χ4v) is 4.03. The maximum absolute atomic E-state index is 12.9. The number of hydrogen-bond donors (Lipinski definition) is 2. The molecule has 1 heterocycles. The van der Waals surface area contributed by atoms with Crippen molar-refractivity contribution in [2.24, 2.45) is 0 Å². The Morgan fingerprint density at radius 2 is 1.80 bits per heavy atom. The summed E-state index contributed by atoms with van der Waals surface area (Å²) in [5.74, 6) is -1.87. The molecule has 0 radical (unpaired) electrons. The van der Waals surface area contributed by atoms with Gasteiger partial charge in [0.05, 0.1) is 31.4 Å². The number of nitrogens with zero attached hydrogens (tertiary/aromatic N) is 1. The summed E-state index contributed by atoms with van der Waals surface area (Å²) < 4.78 is 6.07. The molecule has 2 aromatic carbocycles. The molecule has 2 N–H and O–H groups in total. The van der Waals surface area contributed by atoms with Gasteiger partial charge in [0.25, 0.3) is 11.7 Å². The van der Waals surface area contributed by atoms with Crippen molar-refractivity contribution >= 4 is 56.6 Å². The number of carbonyl (C=O) groups is 2. The van der Waals surface area contributed by atoms with Crippen molar-refractivity contribution in [2.75, 3.05) is 26.4 Å².